The molecule has 0 aromatic carbocycles. The van der Waals surface area contributed by atoms with Crippen LogP contribution in [-0.4, -0.2) is 36.7 Å². The lowest BCUT2D eigenvalue weighted by atomic mass is 9.96. The molecule has 2 nitrogen and oxygen atoms in total. The SMILES string of the molecule is CC.CC.CN1CCCO[C@H]2CCC[C@@]21C. The highest BCUT2D eigenvalue weighted by Gasteiger charge is 2.43. The smallest absolute Gasteiger partial charge is 0.0755 e. The maximum absolute atomic E-state index is 5.86. The van der Waals surface area contributed by atoms with Gasteiger partial charge in [0.15, 0.2) is 0 Å². The van der Waals surface area contributed by atoms with Crippen LogP contribution in [0.25, 0.3) is 0 Å². The van der Waals surface area contributed by atoms with Crippen LogP contribution in [0, 0.1) is 0 Å². The second-order valence-corrected chi connectivity index (χ2v) is 4.38. The first-order valence-electron chi connectivity index (χ1n) is 7.06. The van der Waals surface area contributed by atoms with Crippen molar-refractivity contribution in [3.05, 3.63) is 0 Å². The van der Waals surface area contributed by atoms with Crippen LogP contribution >= 0.6 is 0 Å². The average Bonchev–Trinajstić information content (AvgIpc) is 2.67. The van der Waals surface area contributed by atoms with Crippen molar-refractivity contribution in [1.82, 2.24) is 4.90 Å². The minimum Gasteiger partial charge on any atom is -0.376 e. The zero-order valence-corrected chi connectivity index (χ0v) is 12.2. The number of ether oxygens (including phenoxy) is 1. The molecule has 2 atom stereocenters. The molecule has 1 aliphatic carbocycles. The molecule has 2 heteroatoms. The molecule has 16 heavy (non-hydrogen) atoms. The van der Waals surface area contributed by atoms with Crippen molar-refractivity contribution >= 4 is 0 Å². The number of nitrogens with zero attached hydrogens (tertiary/aromatic N) is 1. The highest BCUT2D eigenvalue weighted by atomic mass is 16.5. The van der Waals surface area contributed by atoms with Crippen LogP contribution in [0.15, 0.2) is 0 Å². The van der Waals surface area contributed by atoms with Crippen molar-refractivity contribution in [2.75, 3.05) is 20.2 Å². The lowest BCUT2D eigenvalue weighted by Gasteiger charge is -2.37. The molecule has 1 heterocycles. The van der Waals surface area contributed by atoms with Crippen molar-refractivity contribution < 1.29 is 4.74 Å². The molecule has 0 bridgehead atoms. The molecule has 1 aliphatic heterocycles. The maximum atomic E-state index is 5.86. The molecular formula is C14H31NO. The van der Waals surface area contributed by atoms with E-state index in [4.69, 9.17) is 4.74 Å². The van der Waals surface area contributed by atoms with E-state index in [1.54, 1.807) is 0 Å². The Hall–Kier alpha value is -0.0800. The molecule has 0 radical (unpaired) electrons. The first kappa shape index (κ1) is 15.9. The van der Waals surface area contributed by atoms with E-state index < -0.39 is 0 Å². The normalized spacial score (nSPS) is 33.8. The molecule has 2 aliphatic rings. The molecule has 98 valence electrons. The summed E-state index contributed by atoms with van der Waals surface area (Å²) in [6.07, 6.45) is 5.62. The van der Waals surface area contributed by atoms with E-state index >= 15 is 0 Å². The quantitative estimate of drug-likeness (QED) is 0.628. The van der Waals surface area contributed by atoms with E-state index in [0.29, 0.717) is 11.6 Å². The molecule has 1 saturated carbocycles. The fraction of sp³-hybridized carbons (Fsp3) is 1.00. The second-order valence-electron chi connectivity index (χ2n) is 4.38. The summed E-state index contributed by atoms with van der Waals surface area (Å²) in [4.78, 5) is 2.50. The lowest BCUT2D eigenvalue weighted by molar-refractivity contribution is -0.00791. The van der Waals surface area contributed by atoms with E-state index in [2.05, 4.69) is 18.9 Å². The lowest BCUT2D eigenvalue weighted by Crippen LogP contribution is -2.48. The van der Waals surface area contributed by atoms with Gasteiger partial charge in [0.2, 0.25) is 0 Å². The monoisotopic (exact) mass is 229 g/mol. The Morgan fingerprint density at radius 1 is 1.12 bits per heavy atom. The maximum Gasteiger partial charge on any atom is 0.0755 e. The summed E-state index contributed by atoms with van der Waals surface area (Å²) in [6.45, 7) is 12.5. The zero-order valence-electron chi connectivity index (χ0n) is 12.2. The van der Waals surface area contributed by atoms with Gasteiger partial charge in [-0.1, -0.05) is 27.7 Å². The molecule has 0 aromatic rings. The third-order valence-electron chi connectivity index (χ3n) is 3.67. The third-order valence-corrected chi connectivity index (χ3v) is 3.67. The van der Waals surface area contributed by atoms with E-state index in [-0.39, 0.29) is 0 Å². The summed E-state index contributed by atoms with van der Waals surface area (Å²) in [5.41, 5.74) is 0.344. The Kier molecular flexibility index (Phi) is 8.04. The van der Waals surface area contributed by atoms with Gasteiger partial charge in [-0.15, -0.1) is 0 Å². The van der Waals surface area contributed by atoms with E-state index in [0.717, 1.165) is 6.61 Å². The van der Waals surface area contributed by atoms with Gasteiger partial charge in [0.25, 0.3) is 0 Å². The van der Waals surface area contributed by atoms with Gasteiger partial charge in [-0.05, 0) is 39.7 Å². The van der Waals surface area contributed by atoms with Crippen molar-refractivity contribution in [2.45, 2.75) is 71.9 Å². The van der Waals surface area contributed by atoms with E-state index in [1.807, 2.05) is 27.7 Å². The van der Waals surface area contributed by atoms with Crippen LogP contribution in [0.5, 0.6) is 0 Å². The summed E-state index contributed by atoms with van der Waals surface area (Å²) in [5.74, 6) is 0. The molecule has 0 unspecified atom stereocenters. The first-order chi connectivity index (χ1) is 7.73. The Balaban J connectivity index is 0.000000509. The van der Waals surface area contributed by atoms with Crippen molar-refractivity contribution in [3.8, 4) is 0 Å². The van der Waals surface area contributed by atoms with Crippen LogP contribution in [-0.2, 0) is 4.74 Å². The highest BCUT2D eigenvalue weighted by molar-refractivity contribution is 4.98. The van der Waals surface area contributed by atoms with Crippen molar-refractivity contribution in [3.63, 3.8) is 0 Å². The van der Waals surface area contributed by atoms with E-state index in [1.165, 1.54) is 32.2 Å². The van der Waals surface area contributed by atoms with Crippen LogP contribution in [0.1, 0.15) is 60.3 Å². The number of rotatable bonds is 0. The predicted molar refractivity (Wildman–Crippen MR) is 71.9 cm³/mol. The van der Waals surface area contributed by atoms with Gasteiger partial charge in [-0.25, -0.2) is 0 Å². The third kappa shape index (κ3) is 3.46. The van der Waals surface area contributed by atoms with Crippen LogP contribution in [0.4, 0.5) is 0 Å². The fourth-order valence-corrected chi connectivity index (χ4v) is 2.60. The molecule has 2 rings (SSSR count). The largest absolute Gasteiger partial charge is 0.376 e. The molecule has 0 N–H and O–H groups in total. The van der Waals surface area contributed by atoms with Crippen molar-refractivity contribution in [1.29, 1.82) is 0 Å². The summed E-state index contributed by atoms with van der Waals surface area (Å²) >= 11 is 0. The Morgan fingerprint density at radius 2 is 1.75 bits per heavy atom. The van der Waals surface area contributed by atoms with Gasteiger partial charge in [0.05, 0.1) is 6.10 Å². The molecular weight excluding hydrogens is 198 g/mol. The Bertz CT molecular complexity index is 172. The molecule has 2 fully saturated rings. The molecule has 0 spiro atoms. The highest BCUT2D eigenvalue weighted by Crippen LogP contribution is 2.37. The zero-order chi connectivity index (χ0) is 12.6. The standard InChI is InChI=1S/C10H19NO.2C2H6/c1-10-6-3-5-9(10)12-8-4-7-11(10)2;2*1-2/h9H,3-8H2,1-2H3;2*1-2H3/t9-,10-;;/m0../s1. The van der Waals surface area contributed by atoms with Crippen LogP contribution < -0.4 is 0 Å². The fourth-order valence-electron chi connectivity index (χ4n) is 2.60. The number of likely N-dealkylation sites (N-methyl/N-ethyl adjacent to an activating group) is 1. The summed E-state index contributed by atoms with van der Waals surface area (Å²) in [5, 5.41) is 0. The minimum atomic E-state index is 0.344. The number of hydrogen-bond acceptors (Lipinski definition) is 2. The van der Waals surface area contributed by atoms with Crippen LogP contribution in [0.3, 0.4) is 0 Å². The number of fused-ring (bicyclic) bond motifs is 1. The summed E-state index contributed by atoms with van der Waals surface area (Å²) in [6, 6.07) is 0. The average molecular weight is 229 g/mol. The molecule has 0 amide bonds. The number of hydrogen-bond donors (Lipinski definition) is 0. The van der Waals surface area contributed by atoms with Crippen molar-refractivity contribution in [2.24, 2.45) is 0 Å². The minimum absolute atomic E-state index is 0.344. The predicted octanol–water partition coefficient (Wildman–Crippen LogP) is 3.70. The molecule has 0 aromatic heterocycles. The first-order valence-corrected chi connectivity index (χ1v) is 7.06. The summed E-state index contributed by atoms with van der Waals surface area (Å²) in [7, 11) is 2.24. The molecule has 1 saturated heterocycles. The van der Waals surface area contributed by atoms with Crippen LogP contribution in [0.2, 0.25) is 0 Å². The van der Waals surface area contributed by atoms with E-state index in [9.17, 15) is 0 Å². The summed E-state index contributed by atoms with van der Waals surface area (Å²) < 4.78 is 5.86. The van der Waals surface area contributed by atoms with Gasteiger partial charge in [0, 0.05) is 18.7 Å². The Labute approximate surface area is 102 Å². The van der Waals surface area contributed by atoms with Gasteiger partial charge >= 0.3 is 0 Å². The van der Waals surface area contributed by atoms with Gasteiger partial charge in [-0.3, -0.25) is 4.90 Å². The van der Waals surface area contributed by atoms with Gasteiger partial charge in [0.1, 0.15) is 0 Å². The Morgan fingerprint density at radius 3 is 2.38 bits per heavy atom. The second kappa shape index (κ2) is 8.08. The van der Waals surface area contributed by atoms with Gasteiger partial charge in [-0.2, -0.15) is 0 Å². The van der Waals surface area contributed by atoms with Gasteiger partial charge < -0.3 is 4.74 Å². The topological polar surface area (TPSA) is 12.5 Å².